The van der Waals surface area contributed by atoms with Gasteiger partial charge in [-0.2, -0.15) is 4.31 Å². The van der Waals surface area contributed by atoms with Crippen molar-refractivity contribution in [3.05, 3.63) is 48.0 Å². The first-order valence-electron chi connectivity index (χ1n) is 7.27. The number of piperazine rings is 1. The quantitative estimate of drug-likeness (QED) is 0.848. The van der Waals surface area contributed by atoms with Gasteiger partial charge in [-0.25, -0.2) is 22.8 Å². The molecule has 1 saturated heterocycles. The lowest BCUT2D eigenvalue weighted by molar-refractivity contribution is 0.382. The lowest BCUT2D eigenvalue weighted by Gasteiger charge is -2.34. The second-order valence-corrected chi connectivity index (χ2v) is 7.26. The molecule has 0 saturated carbocycles. The lowest BCUT2D eigenvalue weighted by Crippen LogP contribution is -2.49. The standard InChI is InChI=1S/C15H17FN4O2S/c1-12-11-13(16)3-4-14(12)23(21,22)20-9-7-19(8-10-20)15-17-5-2-6-18-15/h2-6,11H,7-10H2,1H3. The van der Waals surface area contributed by atoms with E-state index in [0.29, 0.717) is 37.7 Å². The van der Waals surface area contributed by atoms with E-state index in [1.165, 1.54) is 22.5 Å². The monoisotopic (exact) mass is 336 g/mol. The van der Waals surface area contributed by atoms with Crippen LogP contribution in [-0.2, 0) is 10.0 Å². The van der Waals surface area contributed by atoms with Crippen molar-refractivity contribution in [1.29, 1.82) is 0 Å². The van der Waals surface area contributed by atoms with Gasteiger partial charge in [0.15, 0.2) is 0 Å². The smallest absolute Gasteiger partial charge is 0.243 e. The van der Waals surface area contributed by atoms with Crippen molar-refractivity contribution in [2.75, 3.05) is 31.1 Å². The third-order valence-corrected chi connectivity index (χ3v) is 5.89. The summed E-state index contributed by atoms with van der Waals surface area (Å²) in [5, 5.41) is 0. The molecule has 0 amide bonds. The zero-order chi connectivity index (χ0) is 16.4. The minimum atomic E-state index is -3.62. The fourth-order valence-corrected chi connectivity index (χ4v) is 4.25. The fraction of sp³-hybridized carbons (Fsp3) is 0.333. The Hall–Kier alpha value is -2.06. The molecule has 0 unspecified atom stereocenters. The van der Waals surface area contributed by atoms with E-state index in [1.807, 2.05) is 4.90 Å². The number of aromatic nitrogens is 2. The Balaban J connectivity index is 1.76. The summed E-state index contributed by atoms with van der Waals surface area (Å²) in [6.07, 6.45) is 3.32. The summed E-state index contributed by atoms with van der Waals surface area (Å²) >= 11 is 0. The van der Waals surface area contributed by atoms with Gasteiger partial charge in [0.05, 0.1) is 4.90 Å². The van der Waals surface area contributed by atoms with Crippen LogP contribution in [0, 0.1) is 12.7 Å². The van der Waals surface area contributed by atoms with Gasteiger partial charge in [-0.1, -0.05) is 0 Å². The average molecular weight is 336 g/mol. The number of hydrogen-bond donors (Lipinski definition) is 0. The van der Waals surface area contributed by atoms with E-state index in [0.717, 1.165) is 0 Å². The van der Waals surface area contributed by atoms with Crippen molar-refractivity contribution in [1.82, 2.24) is 14.3 Å². The molecule has 1 aliphatic heterocycles. The third-order valence-electron chi connectivity index (χ3n) is 3.83. The molecule has 122 valence electrons. The zero-order valence-corrected chi connectivity index (χ0v) is 13.5. The molecular weight excluding hydrogens is 319 g/mol. The van der Waals surface area contributed by atoms with Crippen LogP contribution in [-0.4, -0.2) is 48.9 Å². The van der Waals surface area contributed by atoms with Crippen molar-refractivity contribution in [2.24, 2.45) is 0 Å². The van der Waals surface area contributed by atoms with E-state index in [-0.39, 0.29) is 4.90 Å². The summed E-state index contributed by atoms with van der Waals surface area (Å²) in [6.45, 7) is 3.33. The van der Waals surface area contributed by atoms with Crippen molar-refractivity contribution in [3.8, 4) is 0 Å². The van der Waals surface area contributed by atoms with Gasteiger partial charge in [0.25, 0.3) is 0 Å². The minimum absolute atomic E-state index is 0.156. The highest BCUT2D eigenvalue weighted by Gasteiger charge is 2.30. The molecule has 0 bridgehead atoms. The van der Waals surface area contributed by atoms with Crippen LogP contribution in [0.5, 0.6) is 0 Å². The molecule has 1 fully saturated rings. The minimum Gasteiger partial charge on any atom is -0.338 e. The molecular formula is C15H17FN4O2S. The van der Waals surface area contributed by atoms with Crippen LogP contribution in [0.25, 0.3) is 0 Å². The Morgan fingerprint density at radius 2 is 1.74 bits per heavy atom. The Bertz CT molecular complexity index is 790. The maximum Gasteiger partial charge on any atom is 0.243 e. The molecule has 0 atom stereocenters. The summed E-state index contributed by atoms with van der Waals surface area (Å²) in [5.74, 6) is 0.162. The van der Waals surface area contributed by atoms with Crippen LogP contribution in [0.3, 0.4) is 0 Å². The SMILES string of the molecule is Cc1cc(F)ccc1S(=O)(=O)N1CCN(c2ncccn2)CC1. The molecule has 23 heavy (non-hydrogen) atoms. The molecule has 1 aromatic heterocycles. The number of hydrogen-bond acceptors (Lipinski definition) is 5. The van der Waals surface area contributed by atoms with Gasteiger partial charge < -0.3 is 4.90 Å². The maximum absolute atomic E-state index is 13.2. The highest BCUT2D eigenvalue weighted by atomic mass is 32.2. The van der Waals surface area contributed by atoms with Crippen molar-refractivity contribution >= 4 is 16.0 Å². The van der Waals surface area contributed by atoms with Gasteiger partial charge >= 0.3 is 0 Å². The van der Waals surface area contributed by atoms with Gasteiger partial charge in [-0.05, 0) is 36.8 Å². The number of aryl methyl sites for hydroxylation is 1. The van der Waals surface area contributed by atoms with E-state index in [9.17, 15) is 12.8 Å². The summed E-state index contributed by atoms with van der Waals surface area (Å²) in [5.41, 5.74) is 0.416. The van der Waals surface area contributed by atoms with Crippen LogP contribution in [0.1, 0.15) is 5.56 Å². The van der Waals surface area contributed by atoms with Gasteiger partial charge in [-0.15, -0.1) is 0 Å². The van der Waals surface area contributed by atoms with Crippen LogP contribution in [0.2, 0.25) is 0 Å². The van der Waals surface area contributed by atoms with E-state index in [4.69, 9.17) is 0 Å². The van der Waals surface area contributed by atoms with E-state index in [1.54, 1.807) is 25.4 Å². The number of sulfonamides is 1. The van der Waals surface area contributed by atoms with E-state index in [2.05, 4.69) is 9.97 Å². The molecule has 0 radical (unpaired) electrons. The summed E-state index contributed by atoms with van der Waals surface area (Å²) in [7, 11) is -3.62. The normalized spacial score (nSPS) is 16.5. The number of rotatable bonds is 3. The van der Waals surface area contributed by atoms with Crippen LogP contribution >= 0.6 is 0 Å². The Labute approximate surface area is 134 Å². The number of anilines is 1. The zero-order valence-electron chi connectivity index (χ0n) is 12.7. The van der Waals surface area contributed by atoms with Crippen LogP contribution in [0.4, 0.5) is 10.3 Å². The van der Waals surface area contributed by atoms with Gasteiger partial charge in [-0.3, -0.25) is 0 Å². The molecule has 2 aromatic rings. The predicted molar refractivity (Wildman–Crippen MR) is 84.1 cm³/mol. The third kappa shape index (κ3) is 3.18. The first kappa shape index (κ1) is 15.8. The average Bonchev–Trinajstić information content (AvgIpc) is 2.55. The van der Waals surface area contributed by atoms with E-state index >= 15 is 0 Å². The van der Waals surface area contributed by atoms with Gasteiger partial charge in [0.2, 0.25) is 16.0 Å². The number of nitrogens with zero attached hydrogens (tertiary/aromatic N) is 4. The highest BCUT2D eigenvalue weighted by Crippen LogP contribution is 2.22. The summed E-state index contributed by atoms with van der Waals surface area (Å²) in [4.78, 5) is 10.5. The van der Waals surface area contributed by atoms with E-state index < -0.39 is 15.8 Å². The molecule has 1 aromatic carbocycles. The van der Waals surface area contributed by atoms with Crippen LogP contribution < -0.4 is 4.90 Å². The first-order chi connectivity index (χ1) is 11.0. The largest absolute Gasteiger partial charge is 0.338 e. The van der Waals surface area contributed by atoms with Crippen molar-refractivity contribution in [3.63, 3.8) is 0 Å². The Morgan fingerprint density at radius 3 is 2.35 bits per heavy atom. The predicted octanol–water partition coefficient (Wildman–Crippen LogP) is 1.44. The second kappa shape index (κ2) is 6.21. The molecule has 1 aliphatic rings. The first-order valence-corrected chi connectivity index (χ1v) is 8.71. The van der Waals surface area contributed by atoms with Crippen LogP contribution in [0.15, 0.2) is 41.6 Å². The lowest BCUT2D eigenvalue weighted by atomic mass is 10.2. The second-order valence-electron chi connectivity index (χ2n) is 5.35. The Morgan fingerprint density at radius 1 is 1.09 bits per heavy atom. The summed E-state index contributed by atoms with van der Waals surface area (Å²) in [6, 6.07) is 5.48. The molecule has 8 heteroatoms. The number of benzene rings is 1. The fourth-order valence-electron chi connectivity index (χ4n) is 2.62. The molecule has 0 N–H and O–H groups in total. The highest BCUT2D eigenvalue weighted by molar-refractivity contribution is 7.89. The number of halogens is 1. The molecule has 2 heterocycles. The maximum atomic E-state index is 13.2. The molecule has 0 spiro atoms. The van der Waals surface area contributed by atoms with Gasteiger partial charge in [0, 0.05) is 38.6 Å². The van der Waals surface area contributed by atoms with Crippen molar-refractivity contribution in [2.45, 2.75) is 11.8 Å². The van der Waals surface area contributed by atoms with Gasteiger partial charge in [0.1, 0.15) is 5.82 Å². The summed E-state index contributed by atoms with van der Waals surface area (Å²) < 4.78 is 40.0. The topological polar surface area (TPSA) is 66.4 Å². The molecule has 6 nitrogen and oxygen atoms in total. The molecule has 0 aliphatic carbocycles. The Kier molecular flexibility index (Phi) is 4.27. The molecule has 3 rings (SSSR count). The van der Waals surface area contributed by atoms with Crippen molar-refractivity contribution < 1.29 is 12.8 Å².